The third-order valence-electron chi connectivity index (χ3n) is 3.18. The number of hydrogen-bond acceptors (Lipinski definition) is 3. The standard InChI is InChI=1S/C14H20N2O2/c17-14(16-9-3-1-2-4-10-16)7-11-18-13-6-5-8-15-12-13/h5-6,8,12H,1-4,7,9-11H2. The van der Waals surface area contributed by atoms with Gasteiger partial charge in [0.05, 0.1) is 19.2 Å². The maximum atomic E-state index is 12.0. The molecule has 0 spiro atoms. The van der Waals surface area contributed by atoms with E-state index < -0.39 is 0 Å². The Bertz CT molecular complexity index is 359. The van der Waals surface area contributed by atoms with Crippen LogP contribution in [-0.2, 0) is 4.79 Å². The van der Waals surface area contributed by atoms with Crippen molar-refractivity contribution in [3.8, 4) is 5.75 Å². The first-order chi connectivity index (χ1) is 8.86. The molecule has 1 fully saturated rings. The SMILES string of the molecule is O=C(CCOc1cccnc1)N1CCCCCC1. The molecule has 0 N–H and O–H groups in total. The molecule has 1 amide bonds. The van der Waals surface area contributed by atoms with E-state index in [2.05, 4.69) is 4.98 Å². The van der Waals surface area contributed by atoms with Crippen LogP contribution in [0.2, 0.25) is 0 Å². The van der Waals surface area contributed by atoms with Gasteiger partial charge in [-0.05, 0) is 25.0 Å². The highest BCUT2D eigenvalue weighted by atomic mass is 16.5. The summed E-state index contributed by atoms with van der Waals surface area (Å²) >= 11 is 0. The Balaban J connectivity index is 1.71. The lowest BCUT2D eigenvalue weighted by Crippen LogP contribution is -2.32. The summed E-state index contributed by atoms with van der Waals surface area (Å²) in [4.78, 5) is 17.9. The fourth-order valence-electron chi connectivity index (χ4n) is 2.17. The van der Waals surface area contributed by atoms with Gasteiger partial charge in [0.15, 0.2) is 0 Å². The zero-order valence-corrected chi connectivity index (χ0v) is 10.7. The molecule has 98 valence electrons. The molecule has 2 heterocycles. The van der Waals surface area contributed by atoms with E-state index in [9.17, 15) is 4.79 Å². The van der Waals surface area contributed by atoms with E-state index in [4.69, 9.17) is 4.74 Å². The van der Waals surface area contributed by atoms with Crippen molar-refractivity contribution in [1.82, 2.24) is 9.88 Å². The van der Waals surface area contributed by atoms with Crippen molar-refractivity contribution < 1.29 is 9.53 Å². The molecular formula is C14H20N2O2. The van der Waals surface area contributed by atoms with Crippen LogP contribution in [0.3, 0.4) is 0 Å². The Morgan fingerprint density at radius 3 is 2.72 bits per heavy atom. The summed E-state index contributed by atoms with van der Waals surface area (Å²) in [5.41, 5.74) is 0. The highest BCUT2D eigenvalue weighted by molar-refractivity contribution is 5.76. The summed E-state index contributed by atoms with van der Waals surface area (Å²) in [5, 5.41) is 0. The Morgan fingerprint density at radius 1 is 1.28 bits per heavy atom. The lowest BCUT2D eigenvalue weighted by atomic mass is 10.2. The predicted molar refractivity (Wildman–Crippen MR) is 69.4 cm³/mol. The number of aromatic nitrogens is 1. The average Bonchev–Trinajstić information content (AvgIpc) is 2.69. The van der Waals surface area contributed by atoms with Crippen molar-refractivity contribution in [2.45, 2.75) is 32.1 Å². The summed E-state index contributed by atoms with van der Waals surface area (Å²) in [6.45, 7) is 2.25. The lowest BCUT2D eigenvalue weighted by molar-refractivity contribution is -0.131. The van der Waals surface area contributed by atoms with Crippen molar-refractivity contribution >= 4 is 5.91 Å². The van der Waals surface area contributed by atoms with E-state index in [-0.39, 0.29) is 5.91 Å². The molecule has 2 rings (SSSR count). The number of rotatable bonds is 4. The number of hydrogen-bond donors (Lipinski definition) is 0. The molecule has 0 radical (unpaired) electrons. The quantitative estimate of drug-likeness (QED) is 0.820. The maximum absolute atomic E-state index is 12.0. The van der Waals surface area contributed by atoms with Crippen LogP contribution in [0, 0.1) is 0 Å². The molecule has 1 aliphatic heterocycles. The number of amides is 1. The van der Waals surface area contributed by atoms with E-state index in [1.54, 1.807) is 12.4 Å². The van der Waals surface area contributed by atoms with Gasteiger partial charge >= 0.3 is 0 Å². The Labute approximate surface area is 108 Å². The fourth-order valence-corrected chi connectivity index (χ4v) is 2.17. The zero-order valence-electron chi connectivity index (χ0n) is 10.7. The Kier molecular flexibility index (Phi) is 5.00. The molecule has 0 unspecified atom stereocenters. The first-order valence-electron chi connectivity index (χ1n) is 6.67. The predicted octanol–water partition coefficient (Wildman–Crippen LogP) is 2.25. The average molecular weight is 248 g/mol. The second-order valence-electron chi connectivity index (χ2n) is 4.58. The van der Waals surface area contributed by atoms with Gasteiger partial charge in [0, 0.05) is 19.3 Å². The van der Waals surface area contributed by atoms with Crippen molar-refractivity contribution in [2.75, 3.05) is 19.7 Å². The second kappa shape index (κ2) is 6.99. The third kappa shape index (κ3) is 4.02. The van der Waals surface area contributed by atoms with E-state index in [1.165, 1.54) is 12.8 Å². The number of ether oxygens (including phenoxy) is 1. The van der Waals surface area contributed by atoms with E-state index >= 15 is 0 Å². The van der Waals surface area contributed by atoms with Gasteiger partial charge in [0.2, 0.25) is 5.91 Å². The van der Waals surface area contributed by atoms with E-state index in [0.717, 1.165) is 31.7 Å². The molecule has 1 aromatic heterocycles. The van der Waals surface area contributed by atoms with Crippen molar-refractivity contribution in [2.24, 2.45) is 0 Å². The Morgan fingerprint density at radius 2 is 2.06 bits per heavy atom. The van der Waals surface area contributed by atoms with E-state index in [1.807, 2.05) is 17.0 Å². The molecule has 1 aliphatic rings. The zero-order chi connectivity index (χ0) is 12.6. The highest BCUT2D eigenvalue weighted by Crippen LogP contribution is 2.11. The molecule has 4 nitrogen and oxygen atoms in total. The highest BCUT2D eigenvalue weighted by Gasteiger charge is 2.14. The first-order valence-corrected chi connectivity index (χ1v) is 6.67. The van der Waals surface area contributed by atoms with Crippen LogP contribution < -0.4 is 4.74 Å². The molecule has 1 saturated heterocycles. The molecular weight excluding hydrogens is 228 g/mol. The minimum Gasteiger partial charge on any atom is -0.491 e. The molecule has 0 aliphatic carbocycles. The van der Waals surface area contributed by atoms with Gasteiger partial charge < -0.3 is 9.64 Å². The minimum absolute atomic E-state index is 0.209. The number of carbonyl (C=O) groups is 1. The number of nitrogens with zero attached hydrogens (tertiary/aromatic N) is 2. The van der Waals surface area contributed by atoms with Crippen LogP contribution in [-0.4, -0.2) is 35.5 Å². The second-order valence-corrected chi connectivity index (χ2v) is 4.58. The molecule has 18 heavy (non-hydrogen) atoms. The van der Waals surface area contributed by atoms with Crippen LogP contribution in [0.15, 0.2) is 24.5 Å². The van der Waals surface area contributed by atoms with E-state index in [0.29, 0.717) is 13.0 Å². The molecule has 0 aromatic carbocycles. The summed E-state index contributed by atoms with van der Waals surface area (Å²) in [7, 11) is 0. The normalized spacial score (nSPS) is 16.1. The maximum Gasteiger partial charge on any atom is 0.225 e. The minimum atomic E-state index is 0.209. The largest absolute Gasteiger partial charge is 0.491 e. The summed E-state index contributed by atoms with van der Waals surface area (Å²) in [6.07, 6.45) is 8.58. The monoisotopic (exact) mass is 248 g/mol. The van der Waals surface area contributed by atoms with Crippen molar-refractivity contribution in [3.63, 3.8) is 0 Å². The number of carbonyl (C=O) groups excluding carboxylic acids is 1. The topological polar surface area (TPSA) is 42.4 Å². The van der Waals surface area contributed by atoms with Gasteiger partial charge in [-0.1, -0.05) is 12.8 Å². The third-order valence-corrected chi connectivity index (χ3v) is 3.18. The first kappa shape index (κ1) is 12.9. The summed E-state index contributed by atoms with van der Waals surface area (Å²) in [5.74, 6) is 0.932. The van der Waals surface area contributed by atoms with Gasteiger partial charge in [0.1, 0.15) is 5.75 Å². The van der Waals surface area contributed by atoms with Crippen LogP contribution >= 0.6 is 0 Å². The van der Waals surface area contributed by atoms with Gasteiger partial charge in [-0.15, -0.1) is 0 Å². The van der Waals surface area contributed by atoms with Gasteiger partial charge in [0.25, 0.3) is 0 Å². The Hall–Kier alpha value is -1.58. The van der Waals surface area contributed by atoms with Crippen LogP contribution in [0.1, 0.15) is 32.1 Å². The molecule has 1 aromatic rings. The van der Waals surface area contributed by atoms with Crippen molar-refractivity contribution in [1.29, 1.82) is 0 Å². The smallest absolute Gasteiger partial charge is 0.225 e. The van der Waals surface area contributed by atoms with Gasteiger partial charge in [-0.2, -0.15) is 0 Å². The summed E-state index contributed by atoms with van der Waals surface area (Å²) < 4.78 is 5.49. The molecule has 4 heteroatoms. The van der Waals surface area contributed by atoms with Gasteiger partial charge in [-0.25, -0.2) is 0 Å². The summed E-state index contributed by atoms with van der Waals surface area (Å²) in [6, 6.07) is 3.68. The van der Waals surface area contributed by atoms with Gasteiger partial charge in [-0.3, -0.25) is 9.78 Å². The molecule has 0 atom stereocenters. The van der Waals surface area contributed by atoms with Crippen LogP contribution in [0.4, 0.5) is 0 Å². The number of pyridine rings is 1. The molecule has 0 bridgehead atoms. The molecule has 0 saturated carbocycles. The van der Waals surface area contributed by atoms with Crippen molar-refractivity contribution in [3.05, 3.63) is 24.5 Å². The lowest BCUT2D eigenvalue weighted by Gasteiger charge is -2.20. The van der Waals surface area contributed by atoms with Crippen LogP contribution in [0.5, 0.6) is 5.75 Å². The number of likely N-dealkylation sites (tertiary alicyclic amines) is 1. The van der Waals surface area contributed by atoms with Crippen LogP contribution in [0.25, 0.3) is 0 Å². The fraction of sp³-hybridized carbons (Fsp3) is 0.571.